The predicted octanol–water partition coefficient (Wildman–Crippen LogP) is 2.80. The second-order valence-corrected chi connectivity index (χ2v) is 4.31. The van der Waals surface area contributed by atoms with Crippen LogP contribution in [0.4, 0.5) is 10.1 Å². The molecule has 1 aliphatic carbocycles. The number of nitrogens with one attached hydrogen (secondary N) is 1. The summed E-state index contributed by atoms with van der Waals surface area (Å²) in [6.45, 7) is 0. The molecule has 0 saturated heterocycles. The van der Waals surface area contributed by atoms with E-state index in [1.165, 1.54) is 12.1 Å². The van der Waals surface area contributed by atoms with Crippen molar-refractivity contribution in [2.45, 2.75) is 31.4 Å². The first kappa shape index (κ1) is 10.7. The molecule has 1 fully saturated rings. The first-order valence-corrected chi connectivity index (χ1v) is 5.44. The monoisotopic (exact) mass is 229 g/mol. The number of hydrogen-bond acceptors (Lipinski definition) is 2. The second-order valence-electron chi connectivity index (χ2n) is 3.87. The smallest absolute Gasteiger partial charge is 0.146 e. The highest BCUT2D eigenvalue weighted by Gasteiger charge is 2.25. The van der Waals surface area contributed by atoms with Gasteiger partial charge in [-0.15, -0.1) is 0 Å². The Morgan fingerprint density at radius 1 is 1.40 bits per heavy atom. The van der Waals surface area contributed by atoms with Crippen LogP contribution in [0.5, 0.6) is 0 Å². The van der Waals surface area contributed by atoms with E-state index >= 15 is 0 Å². The highest BCUT2D eigenvalue weighted by Crippen LogP contribution is 2.26. The van der Waals surface area contributed by atoms with E-state index in [1.54, 1.807) is 6.07 Å². The van der Waals surface area contributed by atoms with Gasteiger partial charge in [0, 0.05) is 5.02 Å². The average molecular weight is 230 g/mol. The molecule has 1 aromatic rings. The van der Waals surface area contributed by atoms with Crippen molar-refractivity contribution in [1.29, 1.82) is 0 Å². The van der Waals surface area contributed by atoms with Gasteiger partial charge in [-0.3, -0.25) is 0 Å². The molecule has 0 spiro atoms. The van der Waals surface area contributed by atoms with Gasteiger partial charge in [-0.05, 0) is 37.5 Å². The van der Waals surface area contributed by atoms with Crippen molar-refractivity contribution in [2.24, 2.45) is 0 Å². The summed E-state index contributed by atoms with van der Waals surface area (Å²) in [6.07, 6.45) is 2.23. The van der Waals surface area contributed by atoms with Crippen LogP contribution in [0.2, 0.25) is 5.02 Å². The number of rotatable bonds is 2. The average Bonchev–Trinajstić information content (AvgIpc) is 2.58. The largest absolute Gasteiger partial charge is 0.391 e. The molecule has 2 unspecified atom stereocenters. The molecular formula is C11H13ClFNO. The van der Waals surface area contributed by atoms with Gasteiger partial charge >= 0.3 is 0 Å². The summed E-state index contributed by atoms with van der Waals surface area (Å²) in [5.41, 5.74) is 0.369. The number of anilines is 1. The van der Waals surface area contributed by atoms with Crippen LogP contribution in [0.15, 0.2) is 18.2 Å². The Balaban J connectivity index is 2.12. The van der Waals surface area contributed by atoms with Gasteiger partial charge in [0.1, 0.15) is 5.82 Å². The van der Waals surface area contributed by atoms with Gasteiger partial charge in [-0.25, -0.2) is 4.39 Å². The van der Waals surface area contributed by atoms with Crippen molar-refractivity contribution in [1.82, 2.24) is 0 Å². The van der Waals surface area contributed by atoms with Crippen LogP contribution in [-0.4, -0.2) is 17.3 Å². The van der Waals surface area contributed by atoms with Crippen molar-refractivity contribution < 1.29 is 9.50 Å². The van der Waals surface area contributed by atoms with Crippen LogP contribution in [0, 0.1) is 5.82 Å². The highest BCUT2D eigenvalue weighted by molar-refractivity contribution is 6.30. The van der Waals surface area contributed by atoms with Gasteiger partial charge in [0.25, 0.3) is 0 Å². The summed E-state index contributed by atoms with van der Waals surface area (Å²) >= 11 is 5.77. The number of aliphatic hydroxyl groups excluding tert-OH is 1. The van der Waals surface area contributed by atoms with Gasteiger partial charge in [-0.1, -0.05) is 11.6 Å². The molecule has 2 N–H and O–H groups in total. The lowest BCUT2D eigenvalue weighted by molar-refractivity contribution is 0.171. The molecule has 2 nitrogen and oxygen atoms in total. The zero-order chi connectivity index (χ0) is 10.8. The molecule has 0 amide bonds. The lowest BCUT2D eigenvalue weighted by Gasteiger charge is -2.18. The van der Waals surface area contributed by atoms with Crippen LogP contribution < -0.4 is 5.32 Å². The number of hydrogen-bond donors (Lipinski definition) is 2. The van der Waals surface area contributed by atoms with Crippen molar-refractivity contribution in [3.8, 4) is 0 Å². The van der Waals surface area contributed by atoms with Gasteiger partial charge < -0.3 is 10.4 Å². The molecule has 0 aromatic heterocycles. The molecule has 0 radical (unpaired) electrons. The van der Waals surface area contributed by atoms with E-state index in [1.807, 2.05) is 0 Å². The van der Waals surface area contributed by atoms with Crippen LogP contribution in [0.25, 0.3) is 0 Å². The first-order valence-electron chi connectivity index (χ1n) is 5.06. The number of benzene rings is 1. The number of aliphatic hydroxyl groups is 1. The van der Waals surface area contributed by atoms with E-state index in [0.717, 1.165) is 19.3 Å². The van der Waals surface area contributed by atoms with Crippen molar-refractivity contribution >= 4 is 17.3 Å². The minimum Gasteiger partial charge on any atom is -0.391 e. The van der Waals surface area contributed by atoms with Crippen LogP contribution >= 0.6 is 11.6 Å². The second kappa shape index (κ2) is 4.37. The molecule has 15 heavy (non-hydrogen) atoms. The fourth-order valence-electron chi connectivity index (χ4n) is 1.92. The van der Waals surface area contributed by atoms with Gasteiger partial charge in [0.05, 0.1) is 17.8 Å². The van der Waals surface area contributed by atoms with E-state index in [2.05, 4.69) is 5.32 Å². The molecular weight excluding hydrogens is 217 g/mol. The SMILES string of the molecule is OC1CCCC1Nc1cc(Cl)ccc1F. The third kappa shape index (κ3) is 2.41. The lowest BCUT2D eigenvalue weighted by Crippen LogP contribution is -2.28. The molecule has 2 rings (SSSR count). The lowest BCUT2D eigenvalue weighted by atomic mass is 10.2. The standard InChI is InChI=1S/C11H13ClFNO/c12-7-4-5-8(13)10(6-7)14-9-2-1-3-11(9)15/h4-6,9,11,14-15H,1-3H2. The van der Waals surface area contributed by atoms with Gasteiger partial charge in [0.2, 0.25) is 0 Å². The Bertz CT molecular complexity index is 358. The molecule has 2 atom stereocenters. The summed E-state index contributed by atoms with van der Waals surface area (Å²) in [6, 6.07) is 4.32. The van der Waals surface area contributed by atoms with Crippen molar-refractivity contribution in [3.05, 3.63) is 29.0 Å². The molecule has 0 aliphatic heterocycles. The van der Waals surface area contributed by atoms with Gasteiger partial charge in [-0.2, -0.15) is 0 Å². The van der Waals surface area contributed by atoms with E-state index in [0.29, 0.717) is 10.7 Å². The molecule has 0 heterocycles. The molecule has 0 bridgehead atoms. The first-order chi connectivity index (χ1) is 7.16. The zero-order valence-corrected chi connectivity index (χ0v) is 8.97. The molecule has 82 valence electrons. The Morgan fingerprint density at radius 3 is 2.87 bits per heavy atom. The predicted molar refractivity (Wildman–Crippen MR) is 58.7 cm³/mol. The van der Waals surface area contributed by atoms with Gasteiger partial charge in [0.15, 0.2) is 0 Å². The van der Waals surface area contributed by atoms with Crippen LogP contribution in [0.3, 0.4) is 0 Å². The third-order valence-electron chi connectivity index (χ3n) is 2.75. The maximum absolute atomic E-state index is 13.3. The fourth-order valence-corrected chi connectivity index (χ4v) is 2.09. The zero-order valence-electron chi connectivity index (χ0n) is 8.21. The Kier molecular flexibility index (Phi) is 3.12. The summed E-state index contributed by atoms with van der Waals surface area (Å²) in [5.74, 6) is -0.335. The summed E-state index contributed by atoms with van der Waals surface area (Å²) in [5, 5.41) is 13.1. The molecule has 1 aromatic carbocycles. The maximum Gasteiger partial charge on any atom is 0.146 e. The Morgan fingerprint density at radius 2 is 2.20 bits per heavy atom. The molecule has 4 heteroatoms. The molecule has 1 saturated carbocycles. The minimum atomic E-state index is -0.386. The molecule has 1 aliphatic rings. The van der Waals surface area contributed by atoms with E-state index < -0.39 is 0 Å². The maximum atomic E-state index is 13.3. The normalized spacial score (nSPS) is 25.5. The van der Waals surface area contributed by atoms with E-state index in [9.17, 15) is 9.50 Å². The Labute approximate surface area is 93.1 Å². The summed E-state index contributed by atoms with van der Waals surface area (Å²) in [7, 11) is 0. The van der Waals surface area contributed by atoms with Crippen molar-refractivity contribution in [3.63, 3.8) is 0 Å². The summed E-state index contributed by atoms with van der Waals surface area (Å²) in [4.78, 5) is 0. The van der Waals surface area contributed by atoms with Crippen LogP contribution in [0.1, 0.15) is 19.3 Å². The van der Waals surface area contributed by atoms with E-state index in [-0.39, 0.29) is 18.0 Å². The quantitative estimate of drug-likeness (QED) is 0.818. The minimum absolute atomic E-state index is 0.0574. The van der Waals surface area contributed by atoms with Crippen molar-refractivity contribution in [2.75, 3.05) is 5.32 Å². The highest BCUT2D eigenvalue weighted by atomic mass is 35.5. The fraction of sp³-hybridized carbons (Fsp3) is 0.455. The summed E-state index contributed by atoms with van der Waals surface area (Å²) < 4.78 is 13.3. The number of halogens is 2. The Hall–Kier alpha value is -0.800. The van der Waals surface area contributed by atoms with E-state index in [4.69, 9.17) is 11.6 Å². The van der Waals surface area contributed by atoms with Crippen LogP contribution in [-0.2, 0) is 0 Å². The topological polar surface area (TPSA) is 32.3 Å². The third-order valence-corrected chi connectivity index (χ3v) is 2.98.